The molecule has 2 rings (SSSR count). The molecule has 2 aromatic carbocycles. The van der Waals surface area contributed by atoms with E-state index in [1.54, 1.807) is 38.1 Å². The molecule has 0 radical (unpaired) electrons. The zero-order chi connectivity index (χ0) is 26.0. The molecule has 1 amide bonds. The number of carbonyl (C=O) groups is 2. The number of hydrogen-bond acceptors (Lipinski definition) is 8. The Labute approximate surface area is 214 Å². The number of nitrogens with one attached hydrogen (secondary N) is 1. The summed E-state index contributed by atoms with van der Waals surface area (Å²) in [4.78, 5) is 25.4. The number of anilines is 1. The molecule has 11 heteroatoms. The Morgan fingerprint density at radius 3 is 2.11 bits per heavy atom. The standard InChI is InChI=1S/C24H29Cl2N3O6/c1-6-32-15-12-17(26)21(19(13-15)34-8-3)29-28-20(14(5)30)24(31)27-22-16(25)10-11-18(33-7-2)23(22)35-9-4/h10-13,20H,6-9H2,1-5H3,(H,27,31). The van der Waals surface area contributed by atoms with E-state index < -0.39 is 17.7 Å². The Morgan fingerprint density at radius 1 is 0.886 bits per heavy atom. The van der Waals surface area contributed by atoms with Gasteiger partial charge in [0.1, 0.15) is 17.1 Å². The Bertz CT molecular complexity index is 1080. The number of benzene rings is 2. The molecule has 0 bridgehead atoms. The molecule has 0 aliphatic rings. The zero-order valence-electron chi connectivity index (χ0n) is 20.3. The van der Waals surface area contributed by atoms with E-state index in [-0.39, 0.29) is 27.2 Å². The lowest BCUT2D eigenvalue weighted by Gasteiger charge is -2.18. The summed E-state index contributed by atoms with van der Waals surface area (Å²) in [5.41, 5.74) is 0.336. The Morgan fingerprint density at radius 2 is 1.51 bits per heavy atom. The van der Waals surface area contributed by atoms with Crippen LogP contribution in [0.1, 0.15) is 34.6 Å². The van der Waals surface area contributed by atoms with Crippen LogP contribution in [0.25, 0.3) is 0 Å². The number of azo groups is 1. The maximum atomic E-state index is 13.1. The van der Waals surface area contributed by atoms with Gasteiger partial charge in [-0.15, -0.1) is 5.11 Å². The van der Waals surface area contributed by atoms with E-state index in [0.717, 1.165) is 0 Å². The first-order valence-corrected chi connectivity index (χ1v) is 11.9. The van der Waals surface area contributed by atoms with Crippen molar-refractivity contribution in [3.05, 3.63) is 34.3 Å². The van der Waals surface area contributed by atoms with Crippen LogP contribution in [0.5, 0.6) is 23.0 Å². The van der Waals surface area contributed by atoms with Crippen molar-refractivity contribution in [3.63, 3.8) is 0 Å². The van der Waals surface area contributed by atoms with Crippen molar-refractivity contribution >= 4 is 46.3 Å². The van der Waals surface area contributed by atoms with Crippen molar-refractivity contribution in [2.75, 3.05) is 31.7 Å². The van der Waals surface area contributed by atoms with E-state index in [0.29, 0.717) is 43.7 Å². The predicted molar refractivity (Wildman–Crippen MR) is 135 cm³/mol. The van der Waals surface area contributed by atoms with E-state index in [1.165, 1.54) is 6.92 Å². The first kappa shape index (κ1) is 28.2. The minimum absolute atomic E-state index is 0.167. The van der Waals surface area contributed by atoms with Gasteiger partial charge in [0.05, 0.1) is 36.5 Å². The number of Topliss-reactive ketones (excluding diaryl/α,β-unsaturated/α-hetero) is 1. The molecule has 9 nitrogen and oxygen atoms in total. The third-order valence-corrected chi connectivity index (χ3v) is 5.03. The van der Waals surface area contributed by atoms with E-state index in [1.807, 2.05) is 13.8 Å². The first-order chi connectivity index (χ1) is 16.8. The number of hydrogen-bond donors (Lipinski definition) is 1. The minimum atomic E-state index is -1.48. The van der Waals surface area contributed by atoms with Gasteiger partial charge < -0.3 is 24.3 Å². The van der Waals surface area contributed by atoms with Crippen molar-refractivity contribution in [2.24, 2.45) is 10.2 Å². The van der Waals surface area contributed by atoms with Crippen LogP contribution in [0.4, 0.5) is 11.4 Å². The van der Waals surface area contributed by atoms with Crippen LogP contribution in [0, 0.1) is 0 Å². The largest absolute Gasteiger partial charge is 0.494 e. The molecule has 0 aliphatic carbocycles. The molecule has 0 heterocycles. The Kier molecular flexibility index (Phi) is 11.1. The van der Waals surface area contributed by atoms with Crippen molar-refractivity contribution in [1.29, 1.82) is 0 Å². The molecular weight excluding hydrogens is 497 g/mol. The lowest BCUT2D eigenvalue weighted by Crippen LogP contribution is -2.32. The lowest BCUT2D eigenvalue weighted by atomic mass is 10.2. The van der Waals surface area contributed by atoms with E-state index in [2.05, 4.69) is 15.5 Å². The normalized spacial score (nSPS) is 11.7. The van der Waals surface area contributed by atoms with Crippen molar-refractivity contribution in [3.8, 4) is 23.0 Å². The minimum Gasteiger partial charge on any atom is -0.494 e. The quantitative estimate of drug-likeness (QED) is 0.244. The highest BCUT2D eigenvalue weighted by atomic mass is 35.5. The predicted octanol–water partition coefficient (Wildman–Crippen LogP) is 6.27. The van der Waals surface area contributed by atoms with Gasteiger partial charge in [-0.2, -0.15) is 5.11 Å². The van der Waals surface area contributed by atoms with Crippen LogP contribution in [0.15, 0.2) is 34.5 Å². The topological polar surface area (TPSA) is 108 Å². The first-order valence-electron chi connectivity index (χ1n) is 11.2. The third-order valence-electron chi connectivity index (χ3n) is 4.43. The molecule has 0 fully saturated rings. The van der Waals surface area contributed by atoms with E-state index in [9.17, 15) is 9.59 Å². The summed E-state index contributed by atoms with van der Waals surface area (Å²) >= 11 is 12.7. The highest BCUT2D eigenvalue weighted by Gasteiger charge is 2.27. The molecule has 1 N–H and O–H groups in total. The van der Waals surface area contributed by atoms with Crippen LogP contribution in [-0.2, 0) is 9.59 Å². The Balaban J connectivity index is 2.41. The molecule has 0 spiro atoms. The summed E-state index contributed by atoms with van der Waals surface area (Å²) in [6.45, 7) is 9.91. The van der Waals surface area contributed by atoms with Gasteiger partial charge in [-0.3, -0.25) is 9.59 Å². The van der Waals surface area contributed by atoms with Crippen molar-refractivity contribution < 1.29 is 28.5 Å². The van der Waals surface area contributed by atoms with Gasteiger partial charge in [0.25, 0.3) is 5.91 Å². The number of carbonyl (C=O) groups excluding carboxylic acids is 2. The van der Waals surface area contributed by atoms with Gasteiger partial charge in [0.2, 0.25) is 6.04 Å². The SMILES string of the molecule is CCOc1cc(Cl)c(N=NC(C(C)=O)C(=O)Nc2c(Cl)ccc(OCC)c2OCC)c(OCC)c1. The molecule has 1 unspecified atom stereocenters. The maximum absolute atomic E-state index is 13.1. The highest BCUT2D eigenvalue weighted by molar-refractivity contribution is 6.34. The second-order valence-corrected chi connectivity index (χ2v) is 7.77. The van der Waals surface area contributed by atoms with E-state index in [4.69, 9.17) is 42.1 Å². The number of ether oxygens (including phenoxy) is 4. The van der Waals surface area contributed by atoms with Gasteiger partial charge in [0.15, 0.2) is 23.0 Å². The zero-order valence-corrected chi connectivity index (χ0v) is 21.8. The van der Waals surface area contributed by atoms with Crippen LogP contribution in [0.3, 0.4) is 0 Å². The van der Waals surface area contributed by atoms with Gasteiger partial charge in [-0.05, 0) is 46.8 Å². The molecule has 1 atom stereocenters. The second kappa shape index (κ2) is 13.7. The van der Waals surface area contributed by atoms with E-state index >= 15 is 0 Å². The summed E-state index contributed by atoms with van der Waals surface area (Å²) in [6, 6.07) is 4.89. The van der Waals surface area contributed by atoms with Gasteiger partial charge >= 0.3 is 0 Å². The monoisotopic (exact) mass is 525 g/mol. The van der Waals surface area contributed by atoms with Crippen LogP contribution < -0.4 is 24.3 Å². The third kappa shape index (κ3) is 7.47. The van der Waals surface area contributed by atoms with Crippen LogP contribution in [0.2, 0.25) is 10.0 Å². The average Bonchev–Trinajstić information content (AvgIpc) is 2.80. The molecule has 190 valence electrons. The second-order valence-electron chi connectivity index (χ2n) is 6.95. The fourth-order valence-corrected chi connectivity index (χ4v) is 3.44. The van der Waals surface area contributed by atoms with Crippen LogP contribution in [-0.4, -0.2) is 44.2 Å². The summed E-state index contributed by atoms with van der Waals surface area (Å²) in [5.74, 6) is 0.160. The molecular formula is C24H29Cl2N3O6. The number of amides is 1. The molecule has 0 saturated heterocycles. The molecule has 0 saturated carbocycles. The molecule has 0 aromatic heterocycles. The summed E-state index contributed by atoms with van der Waals surface area (Å²) in [6.07, 6.45) is 0. The van der Waals surface area contributed by atoms with Crippen molar-refractivity contribution in [2.45, 2.75) is 40.7 Å². The van der Waals surface area contributed by atoms with Gasteiger partial charge in [0, 0.05) is 12.1 Å². The highest BCUT2D eigenvalue weighted by Crippen LogP contribution is 2.42. The Hall–Kier alpha value is -3.04. The number of halogens is 2. The number of ketones is 1. The summed E-state index contributed by atoms with van der Waals surface area (Å²) in [5, 5.41) is 11.1. The number of nitrogens with zero attached hydrogens (tertiary/aromatic N) is 2. The van der Waals surface area contributed by atoms with Gasteiger partial charge in [-0.25, -0.2) is 0 Å². The number of rotatable bonds is 13. The smallest absolute Gasteiger partial charge is 0.258 e. The fourth-order valence-electron chi connectivity index (χ4n) is 3.00. The molecule has 2 aromatic rings. The average molecular weight is 526 g/mol. The molecule has 35 heavy (non-hydrogen) atoms. The molecule has 0 aliphatic heterocycles. The maximum Gasteiger partial charge on any atom is 0.258 e. The van der Waals surface area contributed by atoms with Crippen LogP contribution >= 0.6 is 23.2 Å². The fraction of sp³-hybridized carbons (Fsp3) is 0.417. The summed E-state index contributed by atoms with van der Waals surface area (Å²) < 4.78 is 22.3. The van der Waals surface area contributed by atoms with Gasteiger partial charge in [-0.1, -0.05) is 23.2 Å². The lowest BCUT2D eigenvalue weighted by molar-refractivity contribution is -0.126. The summed E-state index contributed by atoms with van der Waals surface area (Å²) in [7, 11) is 0. The van der Waals surface area contributed by atoms with Crippen molar-refractivity contribution in [1.82, 2.24) is 0 Å².